The Bertz CT molecular complexity index is 1330. The Morgan fingerprint density at radius 2 is 1.76 bits per heavy atom. The molecule has 1 aromatic heterocycles. The number of carbonyl (C=O) groups excluding carboxylic acids is 1. The monoisotopic (exact) mass is 442 g/mol. The summed E-state index contributed by atoms with van der Waals surface area (Å²) in [5.41, 5.74) is 4.68. The lowest BCUT2D eigenvalue weighted by molar-refractivity contribution is 0.0365. The van der Waals surface area contributed by atoms with Crippen LogP contribution in [0.5, 0.6) is 5.75 Å². The molecule has 2 heterocycles. The molecule has 1 saturated heterocycles. The van der Waals surface area contributed by atoms with Gasteiger partial charge in [-0.05, 0) is 60.5 Å². The van der Waals surface area contributed by atoms with E-state index in [1.807, 2.05) is 36.4 Å². The van der Waals surface area contributed by atoms with Crippen LogP contribution in [0.25, 0.3) is 21.7 Å². The van der Waals surface area contributed by atoms with Crippen LogP contribution in [0.3, 0.4) is 0 Å². The number of methoxy groups -OCH3 is 1. The second kappa shape index (κ2) is 9.00. The first kappa shape index (κ1) is 21.7. The Morgan fingerprint density at radius 1 is 0.970 bits per heavy atom. The summed E-state index contributed by atoms with van der Waals surface area (Å²) in [6.45, 7) is 9.37. The van der Waals surface area contributed by atoms with Gasteiger partial charge >= 0.3 is 0 Å². The molecule has 1 fully saturated rings. The molecule has 4 aromatic rings. The largest absolute Gasteiger partial charge is 0.497 e. The van der Waals surface area contributed by atoms with Crippen LogP contribution in [-0.4, -0.2) is 55.2 Å². The summed E-state index contributed by atoms with van der Waals surface area (Å²) in [6, 6.07) is 18.3. The van der Waals surface area contributed by atoms with Gasteiger partial charge in [0.25, 0.3) is 0 Å². The zero-order chi connectivity index (χ0) is 22.9. The quantitative estimate of drug-likeness (QED) is 0.395. The summed E-state index contributed by atoms with van der Waals surface area (Å²) in [5.74, 6) is 0.821. The van der Waals surface area contributed by atoms with Crippen molar-refractivity contribution in [2.45, 2.75) is 20.4 Å². The van der Waals surface area contributed by atoms with Crippen molar-refractivity contribution in [1.29, 1.82) is 0 Å². The Hall–Kier alpha value is -3.15. The highest BCUT2D eigenvalue weighted by Crippen LogP contribution is 2.32. The first-order valence-corrected chi connectivity index (χ1v) is 11.6. The van der Waals surface area contributed by atoms with Crippen molar-refractivity contribution in [2.75, 3.05) is 40.0 Å². The molecular weight excluding hydrogens is 412 g/mol. The summed E-state index contributed by atoms with van der Waals surface area (Å²) >= 11 is 0. The normalized spacial score (nSPS) is 14.8. The van der Waals surface area contributed by atoms with Crippen molar-refractivity contribution in [1.82, 2.24) is 9.47 Å². The van der Waals surface area contributed by atoms with Crippen molar-refractivity contribution in [3.05, 3.63) is 77.0 Å². The molecule has 5 rings (SSSR count). The number of benzene rings is 3. The van der Waals surface area contributed by atoms with Crippen molar-refractivity contribution < 1.29 is 14.3 Å². The Morgan fingerprint density at radius 3 is 2.55 bits per heavy atom. The lowest BCUT2D eigenvalue weighted by atomic mass is 9.95. The standard InChI is InChI=1S/C28H30N2O3/c1-19-16-22(17-21-6-4-5-7-24(19)21)28(31)27-20(2)30(11-10-29-12-14-33-15-13-29)26-9-8-23(32-3)18-25(26)27/h4-9,16-18H,10-15H2,1-3H3. The number of ether oxygens (including phenoxy) is 2. The highest BCUT2D eigenvalue weighted by molar-refractivity contribution is 6.18. The molecule has 0 saturated carbocycles. The number of fused-ring (bicyclic) bond motifs is 2. The topological polar surface area (TPSA) is 43.7 Å². The molecule has 5 heteroatoms. The zero-order valence-corrected chi connectivity index (χ0v) is 19.6. The summed E-state index contributed by atoms with van der Waals surface area (Å²) in [7, 11) is 1.66. The van der Waals surface area contributed by atoms with Crippen LogP contribution in [0.2, 0.25) is 0 Å². The molecule has 0 radical (unpaired) electrons. The number of ketones is 1. The van der Waals surface area contributed by atoms with E-state index in [-0.39, 0.29) is 5.78 Å². The second-order valence-corrected chi connectivity index (χ2v) is 8.79. The van der Waals surface area contributed by atoms with Crippen LogP contribution in [0.15, 0.2) is 54.6 Å². The fraction of sp³-hybridized carbons (Fsp3) is 0.321. The van der Waals surface area contributed by atoms with E-state index in [1.165, 1.54) is 5.39 Å². The minimum absolute atomic E-state index is 0.0599. The number of morpholine rings is 1. The Labute approximate surface area is 194 Å². The molecule has 33 heavy (non-hydrogen) atoms. The lowest BCUT2D eigenvalue weighted by Gasteiger charge is -2.27. The number of aryl methyl sites for hydroxylation is 1. The van der Waals surface area contributed by atoms with E-state index in [9.17, 15) is 4.79 Å². The van der Waals surface area contributed by atoms with E-state index in [0.717, 1.165) is 83.8 Å². The number of carbonyl (C=O) groups is 1. The maximum Gasteiger partial charge on any atom is 0.195 e. The molecule has 0 N–H and O–H groups in total. The van der Waals surface area contributed by atoms with Crippen molar-refractivity contribution in [3.63, 3.8) is 0 Å². The van der Waals surface area contributed by atoms with Gasteiger partial charge in [-0.3, -0.25) is 9.69 Å². The average Bonchev–Trinajstić information content (AvgIpc) is 3.13. The summed E-state index contributed by atoms with van der Waals surface area (Å²) in [5, 5.41) is 3.22. The van der Waals surface area contributed by atoms with E-state index in [4.69, 9.17) is 9.47 Å². The molecule has 1 aliphatic heterocycles. The molecule has 1 aliphatic rings. The van der Waals surface area contributed by atoms with Crippen molar-refractivity contribution >= 4 is 27.5 Å². The Balaban J connectivity index is 1.59. The fourth-order valence-corrected chi connectivity index (χ4v) is 5.01. The van der Waals surface area contributed by atoms with Crippen LogP contribution in [0.1, 0.15) is 27.2 Å². The van der Waals surface area contributed by atoms with Crippen LogP contribution in [0.4, 0.5) is 0 Å². The molecule has 0 unspecified atom stereocenters. The summed E-state index contributed by atoms with van der Waals surface area (Å²) in [4.78, 5) is 16.3. The molecule has 0 atom stereocenters. The predicted octanol–water partition coefficient (Wildman–Crippen LogP) is 4.98. The smallest absolute Gasteiger partial charge is 0.195 e. The second-order valence-electron chi connectivity index (χ2n) is 8.79. The first-order chi connectivity index (χ1) is 16.1. The van der Waals surface area contributed by atoms with Gasteiger partial charge in [0.05, 0.1) is 25.9 Å². The third-order valence-corrected chi connectivity index (χ3v) is 6.83. The molecule has 3 aromatic carbocycles. The van der Waals surface area contributed by atoms with Gasteiger partial charge in [0.15, 0.2) is 5.78 Å². The van der Waals surface area contributed by atoms with Gasteiger partial charge in [-0.15, -0.1) is 0 Å². The summed E-state index contributed by atoms with van der Waals surface area (Å²) < 4.78 is 13.3. The number of nitrogens with zero attached hydrogens (tertiary/aromatic N) is 2. The molecule has 0 amide bonds. The minimum atomic E-state index is 0.0599. The van der Waals surface area contributed by atoms with Crippen molar-refractivity contribution in [2.24, 2.45) is 0 Å². The van der Waals surface area contributed by atoms with Gasteiger partial charge in [-0.25, -0.2) is 0 Å². The zero-order valence-electron chi connectivity index (χ0n) is 19.6. The molecule has 0 bridgehead atoms. The fourth-order valence-electron chi connectivity index (χ4n) is 5.01. The predicted molar refractivity (Wildman–Crippen MR) is 133 cm³/mol. The SMILES string of the molecule is COc1ccc2c(c1)c(C(=O)c1cc(C)c3ccccc3c1)c(C)n2CCN1CCOCC1. The van der Waals surface area contributed by atoms with E-state index in [2.05, 4.69) is 41.5 Å². The van der Waals surface area contributed by atoms with Crippen LogP contribution in [-0.2, 0) is 11.3 Å². The van der Waals surface area contributed by atoms with E-state index in [1.54, 1.807) is 7.11 Å². The van der Waals surface area contributed by atoms with Gasteiger partial charge in [0.2, 0.25) is 0 Å². The molecule has 0 aliphatic carbocycles. The van der Waals surface area contributed by atoms with Crippen LogP contribution in [0, 0.1) is 13.8 Å². The van der Waals surface area contributed by atoms with E-state index < -0.39 is 0 Å². The minimum Gasteiger partial charge on any atom is -0.497 e. The first-order valence-electron chi connectivity index (χ1n) is 11.6. The highest BCUT2D eigenvalue weighted by Gasteiger charge is 2.23. The lowest BCUT2D eigenvalue weighted by Crippen LogP contribution is -2.38. The number of hydrogen-bond acceptors (Lipinski definition) is 4. The van der Waals surface area contributed by atoms with Crippen molar-refractivity contribution in [3.8, 4) is 5.75 Å². The van der Waals surface area contributed by atoms with Gasteiger partial charge in [-0.2, -0.15) is 0 Å². The van der Waals surface area contributed by atoms with Gasteiger partial charge in [-0.1, -0.05) is 24.3 Å². The highest BCUT2D eigenvalue weighted by atomic mass is 16.5. The maximum absolute atomic E-state index is 13.9. The van der Waals surface area contributed by atoms with Gasteiger partial charge in [0, 0.05) is 48.3 Å². The Kier molecular flexibility index (Phi) is 5.92. The van der Waals surface area contributed by atoms with Crippen LogP contribution < -0.4 is 4.74 Å². The number of rotatable bonds is 6. The number of aromatic nitrogens is 1. The van der Waals surface area contributed by atoms with Gasteiger partial charge in [0.1, 0.15) is 5.75 Å². The molecule has 0 spiro atoms. The van der Waals surface area contributed by atoms with Gasteiger partial charge < -0.3 is 14.0 Å². The summed E-state index contributed by atoms with van der Waals surface area (Å²) in [6.07, 6.45) is 0. The average molecular weight is 443 g/mol. The molecular formula is C28H30N2O3. The molecule has 170 valence electrons. The maximum atomic E-state index is 13.9. The van der Waals surface area contributed by atoms with E-state index in [0.29, 0.717) is 0 Å². The molecule has 5 nitrogen and oxygen atoms in total. The third kappa shape index (κ3) is 4.03. The number of hydrogen-bond donors (Lipinski definition) is 0. The van der Waals surface area contributed by atoms with Crippen LogP contribution >= 0.6 is 0 Å². The van der Waals surface area contributed by atoms with E-state index >= 15 is 0 Å². The third-order valence-electron chi connectivity index (χ3n) is 6.83.